The summed E-state index contributed by atoms with van der Waals surface area (Å²) in [4.78, 5) is 4.36. The van der Waals surface area contributed by atoms with E-state index in [0.29, 0.717) is 12.3 Å². The third kappa shape index (κ3) is 3.53. The van der Waals surface area contributed by atoms with Gasteiger partial charge in [-0.25, -0.2) is 0 Å². The molecule has 0 aliphatic rings. The summed E-state index contributed by atoms with van der Waals surface area (Å²) in [6.45, 7) is 6.44. The van der Waals surface area contributed by atoms with Crippen molar-refractivity contribution in [3.8, 4) is 5.75 Å². The second-order valence-electron chi connectivity index (χ2n) is 4.46. The van der Waals surface area contributed by atoms with Crippen molar-refractivity contribution in [1.29, 1.82) is 0 Å². The van der Waals surface area contributed by atoms with Crippen LogP contribution in [0.15, 0.2) is 6.20 Å². The molecule has 0 aliphatic carbocycles. The van der Waals surface area contributed by atoms with Gasteiger partial charge < -0.3 is 10.5 Å². The molecule has 0 fully saturated rings. The van der Waals surface area contributed by atoms with Gasteiger partial charge in [0.2, 0.25) is 0 Å². The van der Waals surface area contributed by atoms with Gasteiger partial charge in [0.1, 0.15) is 5.75 Å². The van der Waals surface area contributed by atoms with Crippen LogP contribution in [-0.2, 0) is 16.6 Å². The molecular formula is C13H22N2O2S. The third-order valence-corrected chi connectivity index (χ3v) is 4.74. The Morgan fingerprint density at radius 2 is 2.17 bits per heavy atom. The Morgan fingerprint density at radius 1 is 1.50 bits per heavy atom. The zero-order valence-corrected chi connectivity index (χ0v) is 12.3. The number of ether oxygens (including phenoxy) is 1. The minimum atomic E-state index is -0.941. The van der Waals surface area contributed by atoms with Crippen molar-refractivity contribution in [2.75, 3.05) is 13.7 Å². The Morgan fingerprint density at radius 3 is 2.72 bits per heavy atom. The Labute approximate surface area is 111 Å². The smallest absolute Gasteiger partial charge is 0.128 e. The maximum Gasteiger partial charge on any atom is 0.128 e. The molecule has 0 aromatic carbocycles. The van der Waals surface area contributed by atoms with Gasteiger partial charge in [-0.3, -0.25) is 9.19 Å². The van der Waals surface area contributed by atoms with Gasteiger partial charge in [0.05, 0.1) is 18.6 Å². The first kappa shape index (κ1) is 15.1. The van der Waals surface area contributed by atoms with Crippen molar-refractivity contribution in [3.05, 3.63) is 23.0 Å². The lowest BCUT2D eigenvalue weighted by molar-refractivity contribution is 0.407. The van der Waals surface area contributed by atoms with E-state index in [-0.39, 0.29) is 5.25 Å². The summed E-state index contributed by atoms with van der Waals surface area (Å²) in [7, 11) is 0.705. The molecule has 0 radical (unpaired) electrons. The van der Waals surface area contributed by atoms with E-state index in [1.165, 1.54) is 0 Å². The van der Waals surface area contributed by atoms with E-state index in [1.54, 1.807) is 13.3 Å². The van der Waals surface area contributed by atoms with Gasteiger partial charge in [0, 0.05) is 33.4 Å². The van der Waals surface area contributed by atoms with E-state index < -0.39 is 10.8 Å². The first-order valence-corrected chi connectivity index (χ1v) is 7.45. The van der Waals surface area contributed by atoms with E-state index in [4.69, 9.17) is 10.5 Å². The van der Waals surface area contributed by atoms with Gasteiger partial charge >= 0.3 is 0 Å². The zero-order chi connectivity index (χ0) is 13.7. The molecule has 102 valence electrons. The first-order chi connectivity index (χ1) is 8.51. The van der Waals surface area contributed by atoms with Gasteiger partial charge in [0.15, 0.2) is 0 Å². The zero-order valence-electron chi connectivity index (χ0n) is 11.5. The van der Waals surface area contributed by atoms with Crippen LogP contribution in [0.3, 0.4) is 0 Å². The molecule has 4 nitrogen and oxygen atoms in total. The number of methoxy groups -OCH3 is 1. The van der Waals surface area contributed by atoms with Crippen LogP contribution in [0.1, 0.15) is 30.2 Å². The lowest BCUT2D eigenvalue weighted by Gasteiger charge is -2.14. The molecule has 0 amide bonds. The Kier molecular flexibility index (Phi) is 5.75. The maximum absolute atomic E-state index is 12.1. The molecular weight excluding hydrogens is 248 g/mol. The molecule has 0 saturated carbocycles. The maximum atomic E-state index is 12.1. The molecule has 1 heterocycles. The monoisotopic (exact) mass is 270 g/mol. The fourth-order valence-corrected chi connectivity index (χ4v) is 3.10. The standard InChI is InChI=1S/C13H22N2O2S/c1-9-7-15-12(11(3)13(9)17-4)8-18(16)10(2)5-6-14/h7,10H,5-6,8,14H2,1-4H3. The summed E-state index contributed by atoms with van der Waals surface area (Å²) < 4.78 is 17.5. The second-order valence-corrected chi connectivity index (χ2v) is 6.31. The number of pyridine rings is 1. The topological polar surface area (TPSA) is 65.2 Å². The van der Waals surface area contributed by atoms with Crippen LogP contribution < -0.4 is 10.5 Å². The quantitative estimate of drug-likeness (QED) is 0.854. The van der Waals surface area contributed by atoms with Gasteiger partial charge in [0.25, 0.3) is 0 Å². The van der Waals surface area contributed by atoms with Crippen LogP contribution >= 0.6 is 0 Å². The van der Waals surface area contributed by atoms with E-state index in [1.807, 2.05) is 20.8 Å². The van der Waals surface area contributed by atoms with Crippen LogP contribution in [0.4, 0.5) is 0 Å². The molecule has 18 heavy (non-hydrogen) atoms. The molecule has 2 unspecified atom stereocenters. The van der Waals surface area contributed by atoms with Crippen molar-refractivity contribution in [2.24, 2.45) is 5.73 Å². The van der Waals surface area contributed by atoms with Crippen LogP contribution in [0.25, 0.3) is 0 Å². The number of nitrogens with zero attached hydrogens (tertiary/aromatic N) is 1. The van der Waals surface area contributed by atoms with Crippen molar-refractivity contribution < 1.29 is 8.95 Å². The van der Waals surface area contributed by atoms with Crippen LogP contribution in [0.5, 0.6) is 5.75 Å². The van der Waals surface area contributed by atoms with Crippen LogP contribution in [0.2, 0.25) is 0 Å². The fourth-order valence-electron chi connectivity index (χ4n) is 1.86. The average Bonchev–Trinajstić information content (AvgIpc) is 2.33. The fraction of sp³-hybridized carbons (Fsp3) is 0.615. The van der Waals surface area contributed by atoms with Crippen molar-refractivity contribution in [2.45, 2.75) is 38.2 Å². The predicted octanol–water partition coefficient (Wildman–Crippen LogP) is 1.69. The molecule has 1 aromatic heterocycles. The highest BCUT2D eigenvalue weighted by atomic mass is 32.2. The number of hydrogen-bond donors (Lipinski definition) is 1. The largest absolute Gasteiger partial charge is 0.496 e. The molecule has 0 aliphatic heterocycles. The molecule has 0 saturated heterocycles. The molecule has 2 atom stereocenters. The minimum absolute atomic E-state index is 0.100. The molecule has 0 bridgehead atoms. The highest BCUT2D eigenvalue weighted by Crippen LogP contribution is 2.25. The van der Waals surface area contributed by atoms with Gasteiger partial charge in [-0.05, 0) is 26.8 Å². The lowest BCUT2D eigenvalue weighted by Crippen LogP contribution is -2.18. The number of aryl methyl sites for hydroxylation is 1. The summed E-state index contributed by atoms with van der Waals surface area (Å²) in [6, 6.07) is 0. The second kappa shape index (κ2) is 6.85. The van der Waals surface area contributed by atoms with Crippen molar-refractivity contribution in [1.82, 2.24) is 4.98 Å². The summed E-state index contributed by atoms with van der Waals surface area (Å²) in [5, 5.41) is 0.100. The number of aromatic nitrogens is 1. The van der Waals surface area contributed by atoms with E-state index in [2.05, 4.69) is 4.98 Å². The molecule has 1 aromatic rings. The normalized spacial score (nSPS) is 14.3. The summed E-state index contributed by atoms with van der Waals surface area (Å²) in [5.41, 5.74) is 8.31. The van der Waals surface area contributed by atoms with E-state index in [9.17, 15) is 4.21 Å². The van der Waals surface area contributed by atoms with E-state index in [0.717, 1.165) is 29.0 Å². The van der Waals surface area contributed by atoms with E-state index >= 15 is 0 Å². The molecule has 5 heteroatoms. The number of hydrogen-bond acceptors (Lipinski definition) is 4. The number of nitrogens with two attached hydrogens (primary N) is 1. The molecule has 0 spiro atoms. The van der Waals surface area contributed by atoms with Crippen molar-refractivity contribution in [3.63, 3.8) is 0 Å². The predicted molar refractivity (Wildman–Crippen MR) is 75.2 cm³/mol. The van der Waals surface area contributed by atoms with Crippen LogP contribution in [0, 0.1) is 13.8 Å². The van der Waals surface area contributed by atoms with Gasteiger partial charge in [-0.2, -0.15) is 0 Å². The number of rotatable bonds is 6. The molecule has 1 rings (SSSR count). The first-order valence-electron chi connectivity index (χ1n) is 6.07. The summed E-state index contributed by atoms with van der Waals surface area (Å²) in [6.07, 6.45) is 2.54. The Bertz CT molecular complexity index is 435. The highest BCUT2D eigenvalue weighted by molar-refractivity contribution is 7.84. The highest BCUT2D eigenvalue weighted by Gasteiger charge is 2.15. The van der Waals surface area contributed by atoms with Crippen molar-refractivity contribution >= 4 is 10.8 Å². The SMILES string of the molecule is COc1c(C)cnc(CS(=O)C(C)CCN)c1C. The summed E-state index contributed by atoms with van der Waals surface area (Å²) >= 11 is 0. The molecule has 2 N–H and O–H groups in total. The third-order valence-electron chi connectivity index (χ3n) is 3.05. The minimum Gasteiger partial charge on any atom is -0.496 e. The Hall–Kier alpha value is -0.940. The van der Waals surface area contributed by atoms with Crippen LogP contribution in [-0.4, -0.2) is 28.1 Å². The Balaban J connectivity index is 2.89. The average molecular weight is 270 g/mol. The summed E-state index contributed by atoms with van der Waals surface area (Å²) in [5.74, 6) is 1.30. The lowest BCUT2D eigenvalue weighted by atomic mass is 10.1. The van der Waals surface area contributed by atoms with Gasteiger partial charge in [-0.15, -0.1) is 0 Å². The van der Waals surface area contributed by atoms with Gasteiger partial charge in [-0.1, -0.05) is 6.92 Å².